The number of hydrogen-bond donors (Lipinski definition) is 4. The lowest BCUT2D eigenvalue weighted by atomic mass is 10.2. The first-order valence-electron chi connectivity index (χ1n) is 7.52. The fourth-order valence-electron chi connectivity index (χ4n) is 1.86. The standard InChI is InChI=1S/C14H21N5O6/c1-14(2,3)25-13(23)18-12-16-10-9(11(22)17-12)15-6-19(10)7-24-8(4-20)5-21/h6,8,20-21H,4-5,7H2,1-3H3,(H2,16,17,18,22,23). The minimum absolute atomic E-state index is 0.0582. The third-order valence-electron chi connectivity index (χ3n) is 2.95. The molecule has 2 aromatic heterocycles. The SMILES string of the molecule is CC(C)(C)OC(=O)Nc1nc2c(ncn2COC(CO)CO)c(=O)[nH]1. The highest BCUT2D eigenvalue weighted by Crippen LogP contribution is 2.11. The van der Waals surface area contributed by atoms with Crippen molar-refractivity contribution in [1.29, 1.82) is 0 Å². The highest BCUT2D eigenvalue weighted by atomic mass is 16.6. The van der Waals surface area contributed by atoms with E-state index >= 15 is 0 Å². The van der Waals surface area contributed by atoms with Crippen LogP contribution in [-0.2, 0) is 16.2 Å². The third-order valence-corrected chi connectivity index (χ3v) is 2.95. The van der Waals surface area contributed by atoms with E-state index in [9.17, 15) is 9.59 Å². The lowest BCUT2D eigenvalue weighted by Crippen LogP contribution is -2.28. The van der Waals surface area contributed by atoms with Gasteiger partial charge < -0.3 is 19.7 Å². The Balaban J connectivity index is 2.22. The van der Waals surface area contributed by atoms with E-state index in [1.54, 1.807) is 20.8 Å². The van der Waals surface area contributed by atoms with Crippen LogP contribution in [0.1, 0.15) is 20.8 Å². The Labute approximate surface area is 142 Å². The second-order valence-electron chi connectivity index (χ2n) is 6.21. The topological polar surface area (TPSA) is 152 Å². The lowest BCUT2D eigenvalue weighted by Gasteiger charge is -2.19. The largest absolute Gasteiger partial charge is 0.444 e. The molecule has 0 fully saturated rings. The van der Waals surface area contributed by atoms with E-state index in [-0.39, 0.29) is 37.1 Å². The van der Waals surface area contributed by atoms with Crippen LogP contribution in [0.2, 0.25) is 0 Å². The number of ether oxygens (including phenoxy) is 2. The van der Waals surface area contributed by atoms with Gasteiger partial charge in [0.1, 0.15) is 18.4 Å². The van der Waals surface area contributed by atoms with Gasteiger partial charge in [-0.15, -0.1) is 0 Å². The summed E-state index contributed by atoms with van der Waals surface area (Å²) in [5.41, 5.74) is -1.02. The van der Waals surface area contributed by atoms with Crippen LogP contribution < -0.4 is 10.9 Å². The highest BCUT2D eigenvalue weighted by molar-refractivity contribution is 5.83. The van der Waals surface area contributed by atoms with Crippen LogP contribution in [0.15, 0.2) is 11.1 Å². The Bertz CT molecular complexity index is 789. The Kier molecular flexibility index (Phi) is 5.72. The molecule has 0 aliphatic rings. The monoisotopic (exact) mass is 355 g/mol. The zero-order valence-corrected chi connectivity index (χ0v) is 14.1. The second kappa shape index (κ2) is 7.59. The van der Waals surface area contributed by atoms with E-state index in [1.165, 1.54) is 10.9 Å². The second-order valence-corrected chi connectivity index (χ2v) is 6.21. The number of fused-ring (bicyclic) bond motifs is 1. The summed E-state index contributed by atoms with van der Waals surface area (Å²) in [5, 5.41) is 20.4. The van der Waals surface area contributed by atoms with Crippen LogP contribution in [0.3, 0.4) is 0 Å². The number of carbonyl (C=O) groups is 1. The molecular weight excluding hydrogens is 334 g/mol. The predicted octanol–water partition coefficient (Wildman–Crippen LogP) is -0.206. The van der Waals surface area contributed by atoms with Crippen LogP contribution in [-0.4, -0.2) is 60.7 Å². The summed E-state index contributed by atoms with van der Waals surface area (Å²) in [6.07, 6.45) is -0.201. The molecule has 2 rings (SSSR count). The molecule has 0 aromatic carbocycles. The average Bonchev–Trinajstić information content (AvgIpc) is 2.90. The molecule has 2 heterocycles. The minimum atomic E-state index is -0.766. The van der Waals surface area contributed by atoms with Crippen LogP contribution in [0, 0.1) is 0 Å². The molecule has 11 nitrogen and oxygen atoms in total. The summed E-state index contributed by atoms with van der Waals surface area (Å²) in [6, 6.07) is 0. The van der Waals surface area contributed by atoms with E-state index < -0.39 is 23.4 Å². The maximum absolute atomic E-state index is 12.0. The van der Waals surface area contributed by atoms with Crippen LogP contribution in [0.25, 0.3) is 11.2 Å². The predicted molar refractivity (Wildman–Crippen MR) is 87.1 cm³/mol. The van der Waals surface area contributed by atoms with E-state index in [0.29, 0.717) is 0 Å². The molecule has 0 aliphatic heterocycles. The highest BCUT2D eigenvalue weighted by Gasteiger charge is 2.18. The molecule has 1 amide bonds. The first-order valence-corrected chi connectivity index (χ1v) is 7.52. The lowest BCUT2D eigenvalue weighted by molar-refractivity contribution is -0.0488. The summed E-state index contributed by atoms with van der Waals surface area (Å²) in [7, 11) is 0. The molecular formula is C14H21N5O6. The van der Waals surface area contributed by atoms with Crippen molar-refractivity contribution in [3.8, 4) is 0 Å². The maximum atomic E-state index is 12.0. The van der Waals surface area contributed by atoms with E-state index in [1.807, 2.05) is 0 Å². The molecule has 0 spiro atoms. The summed E-state index contributed by atoms with van der Waals surface area (Å²) in [4.78, 5) is 34.3. The Morgan fingerprint density at radius 3 is 2.68 bits per heavy atom. The first-order chi connectivity index (χ1) is 11.7. The van der Waals surface area contributed by atoms with Gasteiger partial charge in [-0.25, -0.2) is 9.78 Å². The van der Waals surface area contributed by atoms with Crippen molar-refractivity contribution < 1.29 is 24.5 Å². The van der Waals surface area contributed by atoms with Crippen molar-refractivity contribution in [2.24, 2.45) is 0 Å². The minimum Gasteiger partial charge on any atom is -0.444 e. The number of imidazole rings is 1. The Hall–Kier alpha value is -2.50. The van der Waals surface area contributed by atoms with Crippen LogP contribution >= 0.6 is 0 Å². The molecule has 0 saturated heterocycles. The smallest absolute Gasteiger partial charge is 0.414 e. The Morgan fingerprint density at radius 2 is 2.08 bits per heavy atom. The molecule has 0 atom stereocenters. The fourth-order valence-corrected chi connectivity index (χ4v) is 1.86. The molecule has 2 aromatic rings. The molecule has 0 unspecified atom stereocenters. The summed E-state index contributed by atoms with van der Waals surface area (Å²) >= 11 is 0. The third kappa shape index (κ3) is 4.98. The average molecular weight is 355 g/mol. The van der Waals surface area contributed by atoms with Gasteiger partial charge >= 0.3 is 6.09 Å². The molecule has 4 N–H and O–H groups in total. The van der Waals surface area contributed by atoms with Gasteiger partial charge in [-0.3, -0.25) is 19.7 Å². The fraction of sp³-hybridized carbons (Fsp3) is 0.571. The number of aromatic nitrogens is 4. The number of amides is 1. The molecule has 0 bridgehead atoms. The number of aliphatic hydroxyl groups excluding tert-OH is 2. The van der Waals surface area contributed by atoms with Crippen molar-refractivity contribution >= 4 is 23.2 Å². The quantitative estimate of drug-likeness (QED) is 0.556. The summed E-state index contributed by atoms with van der Waals surface area (Å²) in [5.74, 6) is -0.102. The van der Waals surface area contributed by atoms with E-state index in [2.05, 4.69) is 20.3 Å². The number of carbonyl (C=O) groups excluding carboxylic acids is 1. The van der Waals surface area contributed by atoms with Crippen molar-refractivity contribution in [3.63, 3.8) is 0 Å². The molecule has 0 radical (unpaired) electrons. The maximum Gasteiger partial charge on any atom is 0.414 e. The molecule has 25 heavy (non-hydrogen) atoms. The number of aromatic amines is 1. The van der Waals surface area contributed by atoms with E-state index in [4.69, 9.17) is 19.7 Å². The molecule has 0 saturated carbocycles. The molecule has 138 valence electrons. The van der Waals surface area contributed by atoms with Crippen molar-refractivity contribution in [2.45, 2.75) is 39.2 Å². The van der Waals surface area contributed by atoms with Gasteiger partial charge in [0.15, 0.2) is 11.2 Å². The molecule has 0 aliphatic carbocycles. The number of hydrogen-bond acceptors (Lipinski definition) is 8. The van der Waals surface area contributed by atoms with Gasteiger partial charge in [-0.2, -0.15) is 4.98 Å². The van der Waals surface area contributed by atoms with Crippen LogP contribution in [0.5, 0.6) is 0 Å². The van der Waals surface area contributed by atoms with E-state index in [0.717, 1.165) is 0 Å². The first kappa shape index (κ1) is 18.8. The normalized spacial score (nSPS) is 11.9. The summed E-state index contributed by atoms with van der Waals surface area (Å²) < 4.78 is 11.8. The van der Waals surface area contributed by atoms with Crippen molar-refractivity contribution in [2.75, 3.05) is 18.5 Å². The number of rotatable bonds is 6. The van der Waals surface area contributed by atoms with Crippen molar-refractivity contribution in [3.05, 3.63) is 16.7 Å². The van der Waals surface area contributed by atoms with Crippen molar-refractivity contribution in [1.82, 2.24) is 19.5 Å². The summed E-state index contributed by atoms with van der Waals surface area (Å²) in [6.45, 7) is 4.31. The van der Waals surface area contributed by atoms with Gasteiger partial charge in [0.2, 0.25) is 5.95 Å². The number of H-pyrrole nitrogens is 1. The van der Waals surface area contributed by atoms with Gasteiger partial charge in [0.05, 0.1) is 19.5 Å². The molecule has 11 heteroatoms. The number of nitrogens with zero attached hydrogens (tertiary/aromatic N) is 3. The van der Waals surface area contributed by atoms with Gasteiger partial charge in [0, 0.05) is 0 Å². The zero-order chi connectivity index (χ0) is 18.6. The zero-order valence-electron chi connectivity index (χ0n) is 14.1. The van der Waals surface area contributed by atoms with Crippen LogP contribution in [0.4, 0.5) is 10.7 Å². The Morgan fingerprint density at radius 1 is 1.40 bits per heavy atom. The number of aliphatic hydroxyl groups is 2. The number of nitrogens with one attached hydrogen (secondary N) is 2. The van der Waals surface area contributed by atoms with Gasteiger partial charge in [-0.1, -0.05) is 0 Å². The number of anilines is 1. The van der Waals surface area contributed by atoms with Gasteiger partial charge in [-0.05, 0) is 20.8 Å². The van der Waals surface area contributed by atoms with Gasteiger partial charge in [0.25, 0.3) is 5.56 Å².